The fraction of sp³-hybridized carbons (Fsp3) is 0.375. The Bertz CT molecular complexity index is 495. The maximum absolute atomic E-state index is 11.1. The van der Waals surface area contributed by atoms with E-state index < -0.39 is 11.2 Å². The summed E-state index contributed by atoms with van der Waals surface area (Å²) in [5.74, 6) is 0. The van der Waals surface area contributed by atoms with Gasteiger partial charge < -0.3 is 10.2 Å². The standard InChI is InChI=1S/C16H20N2O2/c1-3-15(19,13-7-5-9-17-11-13)16(20,4-2)14-8-6-10-18-12-14/h5-12,19-20H,3-4H2,1-2H3. The topological polar surface area (TPSA) is 66.2 Å². The molecule has 0 amide bonds. The van der Waals surface area contributed by atoms with Crippen LogP contribution in [-0.4, -0.2) is 20.2 Å². The summed E-state index contributed by atoms with van der Waals surface area (Å²) in [6.45, 7) is 3.70. The van der Waals surface area contributed by atoms with Gasteiger partial charge in [0.2, 0.25) is 0 Å². The van der Waals surface area contributed by atoms with Gasteiger partial charge in [-0.3, -0.25) is 9.97 Å². The lowest BCUT2D eigenvalue weighted by molar-refractivity contribution is -0.169. The van der Waals surface area contributed by atoms with Gasteiger partial charge in [-0.1, -0.05) is 26.0 Å². The second kappa shape index (κ2) is 5.69. The van der Waals surface area contributed by atoms with Gasteiger partial charge >= 0.3 is 0 Å². The van der Waals surface area contributed by atoms with Crippen LogP contribution in [0.3, 0.4) is 0 Å². The first kappa shape index (κ1) is 14.6. The third kappa shape index (κ3) is 2.21. The Hall–Kier alpha value is -1.78. The summed E-state index contributed by atoms with van der Waals surface area (Å²) in [6.07, 6.45) is 7.24. The highest BCUT2D eigenvalue weighted by atomic mass is 16.4. The van der Waals surface area contributed by atoms with Crippen molar-refractivity contribution < 1.29 is 10.2 Å². The smallest absolute Gasteiger partial charge is 0.124 e. The van der Waals surface area contributed by atoms with E-state index in [9.17, 15) is 10.2 Å². The molecule has 2 N–H and O–H groups in total. The minimum atomic E-state index is -1.40. The molecule has 2 aromatic heterocycles. The van der Waals surface area contributed by atoms with Crippen LogP contribution >= 0.6 is 0 Å². The lowest BCUT2D eigenvalue weighted by atomic mass is 9.71. The molecule has 106 valence electrons. The first-order chi connectivity index (χ1) is 9.58. The Morgan fingerprint density at radius 1 is 0.850 bits per heavy atom. The number of aromatic nitrogens is 2. The van der Waals surface area contributed by atoms with Gasteiger partial charge in [-0.25, -0.2) is 0 Å². The summed E-state index contributed by atoms with van der Waals surface area (Å²) in [5, 5.41) is 22.3. The summed E-state index contributed by atoms with van der Waals surface area (Å²) in [6, 6.07) is 7.09. The maximum Gasteiger partial charge on any atom is 0.124 e. The lowest BCUT2D eigenvalue weighted by Gasteiger charge is -2.43. The van der Waals surface area contributed by atoms with Crippen molar-refractivity contribution in [1.29, 1.82) is 0 Å². The Labute approximate surface area is 119 Å². The Morgan fingerprint density at radius 3 is 1.50 bits per heavy atom. The molecule has 0 saturated heterocycles. The molecule has 0 aromatic carbocycles. The number of hydrogen-bond donors (Lipinski definition) is 2. The fourth-order valence-electron chi connectivity index (χ4n) is 2.69. The first-order valence-electron chi connectivity index (χ1n) is 6.84. The van der Waals surface area contributed by atoms with Gasteiger partial charge in [-0.2, -0.15) is 0 Å². The summed E-state index contributed by atoms with van der Waals surface area (Å²) >= 11 is 0. The summed E-state index contributed by atoms with van der Waals surface area (Å²) in [5.41, 5.74) is -1.59. The molecular weight excluding hydrogens is 252 g/mol. The minimum absolute atomic E-state index is 0.373. The zero-order valence-electron chi connectivity index (χ0n) is 11.8. The third-order valence-corrected chi connectivity index (χ3v) is 3.99. The highest BCUT2D eigenvalue weighted by Gasteiger charge is 2.49. The van der Waals surface area contributed by atoms with E-state index in [4.69, 9.17) is 0 Å². The van der Waals surface area contributed by atoms with Gasteiger partial charge in [0.1, 0.15) is 11.2 Å². The largest absolute Gasteiger partial charge is 0.382 e. The van der Waals surface area contributed by atoms with E-state index in [1.165, 1.54) is 0 Å². The van der Waals surface area contributed by atoms with Crippen LogP contribution in [0.4, 0.5) is 0 Å². The van der Waals surface area contributed by atoms with Crippen LogP contribution in [0, 0.1) is 0 Å². The summed E-state index contributed by atoms with van der Waals surface area (Å²) in [4.78, 5) is 8.11. The molecule has 4 heteroatoms. The molecule has 2 unspecified atom stereocenters. The molecule has 0 radical (unpaired) electrons. The van der Waals surface area contributed by atoms with E-state index in [0.29, 0.717) is 24.0 Å². The lowest BCUT2D eigenvalue weighted by Crippen LogP contribution is -2.48. The molecule has 2 heterocycles. The van der Waals surface area contributed by atoms with Crippen molar-refractivity contribution in [2.75, 3.05) is 0 Å². The van der Waals surface area contributed by atoms with Gasteiger partial charge in [0.25, 0.3) is 0 Å². The highest BCUT2D eigenvalue weighted by molar-refractivity contribution is 5.30. The van der Waals surface area contributed by atoms with E-state index in [2.05, 4.69) is 9.97 Å². The van der Waals surface area contributed by atoms with Gasteiger partial charge in [-0.15, -0.1) is 0 Å². The van der Waals surface area contributed by atoms with E-state index in [1.807, 2.05) is 13.8 Å². The summed E-state index contributed by atoms with van der Waals surface area (Å²) < 4.78 is 0. The molecule has 4 nitrogen and oxygen atoms in total. The molecule has 0 aliphatic rings. The average molecular weight is 272 g/mol. The van der Waals surface area contributed by atoms with Crippen LogP contribution in [0.5, 0.6) is 0 Å². The monoisotopic (exact) mass is 272 g/mol. The molecule has 0 spiro atoms. The predicted octanol–water partition coefficient (Wildman–Crippen LogP) is 2.37. The van der Waals surface area contributed by atoms with Gasteiger partial charge in [-0.05, 0) is 25.0 Å². The number of hydrogen-bond acceptors (Lipinski definition) is 4. The van der Waals surface area contributed by atoms with Crippen molar-refractivity contribution in [3.8, 4) is 0 Å². The van der Waals surface area contributed by atoms with E-state index in [0.717, 1.165) is 0 Å². The van der Waals surface area contributed by atoms with Crippen LogP contribution in [0.1, 0.15) is 37.8 Å². The van der Waals surface area contributed by atoms with E-state index in [1.54, 1.807) is 49.1 Å². The Balaban J connectivity index is 2.58. The number of nitrogens with zero attached hydrogens (tertiary/aromatic N) is 2. The van der Waals surface area contributed by atoms with Crippen molar-refractivity contribution in [2.45, 2.75) is 37.9 Å². The molecular formula is C16H20N2O2. The zero-order chi connectivity index (χ0) is 14.6. The van der Waals surface area contributed by atoms with Crippen molar-refractivity contribution in [3.63, 3.8) is 0 Å². The molecule has 0 saturated carbocycles. The van der Waals surface area contributed by atoms with Crippen molar-refractivity contribution in [1.82, 2.24) is 9.97 Å². The average Bonchev–Trinajstić information content (AvgIpc) is 2.54. The van der Waals surface area contributed by atoms with E-state index in [-0.39, 0.29) is 0 Å². The fourth-order valence-corrected chi connectivity index (χ4v) is 2.69. The SMILES string of the molecule is CCC(O)(c1cccnc1)C(O)(CC)c1cccnc1. The molecule has 2 rings (SSSR count). The molecule has 2 aromatic rings. The number of aliphatic hydroxyl groups is 2. The van der Waals surface area contributed by atoms with E-state index >= 15 is 0 Å². The molecule has 2 atom stereocenters. The first-order valence-corrected chi connectivity index (χ1v) is 6.84. The van der Waals surface area contributed by atoms with Crippen molar-refractivity contribution in [3.05, 3.63) is 60.2 Å². The minimum Gasteiger partial charge on any atom is -0.382 e. The second-order valence-electron chi connectivity index (χ2n) is 4.91. The Morgan fingerprint density at radius 2 is 1.25 bits per heavy atom. The van der Waals surface area contributed by atoms with Crippen LogP contribution in [0.15, 0.2) is 49.1 Å². The number of pyridine rings is 2. The van der Waals surface area contributed by atoms with Gasteiger partial charge in [0, 0.05) is 35.9 Å². The normalized spacial score (nSPS) is 17.2. The van der Waals surface area contributed by atoms with Gasteiger partial charge in [0.15, 0.2) is 0 Å². The summed E-state index contributed by atoms with van der Waals surface area (Å²) in [7, 11) is 0. The van der Waals surface area contributed by atoms with Crippen LogP contribution < -0.4 is 0 Å². The van der Waals surface area contributed by atoms with Gasteiger partial charge in [0.05, 0.1) is 0 Å². The van der Waals surface area contributed by atoms with Crippen molar-refractivity contribution in [2.24, 2.45) is 0 Å². The Kier molecular flexibility index (Phi) is 4.16. The number of rotatable bonds is 5. The van der Waals surface area contributed by atoms with Crippen LogP contribution in [0.2, 0.25) is 0 Å². The molecule has 0 aliphatic carbocycles. The third-order valence-electron chi connectivity index (χ3n) is 3.99. The molecule has 0 bridgehead atoms. The van der Waals surface area contributed by atoms with Crippen molar-refractivity contribution >= 4 is 0 Å². The van der Waals surface area contributed by atoms with Crippen LogP contribution in [0.25, 0.3) is 0 Å². The molecule has 20 heavy (non-hydrogen) atoms. The van der Waals surface area contributed by atoms with Crippen LogP contribution in [-0.2, 0) is 11.2 Å². The quantitative estimate of drug-likeness (QED) is 0.877. The zero-order valence-corrected chi connectivity index (χ0v) is 11.8. The molecule has 0 fully saturated rings. The second-order valence-corrected chi connectivity index (χ2v) is 4.91. The maximum atomic E-state index is 11.1. The predicted molar refractivity (Wildman–Crippen MR) is 76.8 cm³/mol. The highest BCUT2D eigenvalue weighted by Crippen LogP contribution is 2.44. The molecule has 0 aliphatic heterocycles.